The first-order valence-corrected chi connectivity index (χ1v) is 8.11. The molecule has 0 aromatic heterocycles. The van der Waals surface area contributed by atoms with Crippen molar-refractivity contribution in [3.63, 3.8) is 0 Å². The Hall–Kier alpha value is -0.540. The van der Waals surface area contributed by atoms with E-state index in [4.69, 9.17) is 5.73 Å². The third-order valence-corrected chi connectivity index (χ3v) is 5.11. The highest BCUT2D eigenvalue weighted by Crippen LogP contribution is 2.37. The Morgan fingerprint density at radius 1 is 1.32 bits per heavy atom. The molecule has 0 atom stereocenters. The second-order valence-electron chi connectivity index (χ2n) is 5.96. The maximum Gasteiger partial charge on any atom is 0.0400 e. The first-order chi connectivity index (χ1) is 9.08. The fraction of sp³-hybridized carbons (Fsp3) is 0.625. The summed E-state index contributed by atoms with van der Waals surface area (Å²) in [6.07, 6.45) is 4.83. The second-order valence-corrected chi connectivity index (χ2v) is 6.88. The van der Waals surface area contributed by atoms with Crippen molar-refractivity contribution in [1.29, 1.82) is 0 Å². The SMILES string of the molecule is CCC1(C)CCN(c2ccc(Br)cc2CCN)CC1. The van der Waals surface area contributed by atoms with Crippen molar-refractivity contribution in [3.05, 3.63) is 28.2 Å². The molecule has 0 radical (unpaired) electrons. The quantitative estimate of drug-likeness (QED) is 0.908. The normalized spacial score (nSPS) is 18.6. The van der Waals surface area contributed by atoms with Crippen LogP contribution in [0.4, 0.5) is 5.69 Å². The van der Waals surface area contributed by atoms with Crippen LogP contribution in [0.25, 0.3) is 0 Å². The smallest absolute Gasteiger partial charge is 0.0400 e. The lowest BCUT2D eigenvalue weighted by Gasteiger charge is -2.40. The van der Waals surface area contributed by atoms with Crippen molar-refractivity contribution in [3.8, 4) is 0 Å². The summed E-state index contributed by atoms with van der Waals surface area (Å²) in [6, 6.07) is 6.60. The summed E-state index contributed by atoms with van der Waals surface area (Å²) in [5, 5.41) is 0. The van der Waals surface area contributed by atoms with Crippen LogP contribution in [-0.4, -0.2) is 19.6 Å². The topological polar surface area (TPSA) is 29.3 Å². The lowest BCUT2D eigenvalue weighted by molar-refractivity contribution is 0.238. The van der Waals surface area contributed by atoms with Crippen molar-refractivity contribution in [2.45, 2.75) is 39.5 Å². The van der Waals surface area contributed by atoms with Crippen LogP contribution in [-0.2, 0) is 6.42 Å². The Bertz CT molecular complexity index is 423. The van der Waals surface area contributed by atoms with Gasteiger partial charge in [0, 0.05) is 23.2 Å². The minimum atomic E-state index is 0.542. The zero-order chi connectivity index (χ0) is 13.9. The first kappa shape index (κ1) is 14.9. The summed E-state index contributed by atoms with van der Waals surface area (Å²) in [5.41, 5.74) is 9.03. The van der Waals surface area contributed by atoms with E-state index in [2.05, 4.69) is 52.9 Å². The van der Waals surface area contributed by atoms with Crippen LogP contribution in [0.3, 0.4) is 0 Å². The van der Waals surface area contributed by atoms with Gasteiger partial charge in [0.15, 0.2) is 0 Å². The summed E-state index contributed by atoms with van der Waals surface area (Å²) < 4.78 is 1.15. The van der Waals surface area contributed by atoms with E-state index in [9.17, 15) is 0 Å². The van der Waals surface area contributed by atoms with Crippen LogP contribution in [0.15, 0.2) is 22.7 Å². The predicted molar refractivity (Wildman–Crippen MR) is 86.7 cm³/mol. The van der Waals surface area contributed by atoms with Gasteiger partial charge >= 0.3 is 0 Å². The maximum atomic E-state index is 5.74. The van der Waals surface area contributed by atoms with E-state index in [0.717, 1.165) is 10.9 Å². The minimum Gasteiger partial charge on any atom is -0.371 e. The molecular formula is C16H25BrN2. The number of hydrogen-bond acceptors (Lipinski definition) is 2. The number of benzene rings is 1. The molecule has 1 aliphatic heterocycles. The van der Waals surface area contributed by atoms with Gasteiger partial charge in [-0.1, -0.05) is 36.2 Å². The molecule has 0 saturated carbocycles. The van der Waals surface area contributed by atoms with Crippen LogP contribution >= 0.6 is 15.9 Å². The van der Waals surface area contributed by atoms with Crippen LogP contribution in [0.1, 0.15) is 38.7 Å². The molecule has 1 aromatic rings. The largest absolute Gasteiger partial charge is 0.371 e. The van der Waals surface area contributed by atoms with E-state index in [0.29, 0.717) is 12.0 Å². The van der Waals surface area contributed by atoms with Crippen molar-refractivity contribution >= 4 is 21.6 Å². The lowest BCUT2D eigenvalue weighted by Crippen LogP contribution is -2.38. The molecule has 0 amide bonds. The third kappa shape index (κ3) is 3.51. The number of nitrogens with two attached hydrogens (primary N) is 1. The summed E-state index contributed by atoms with van der Waals surface area (Å²) in [6.45, 7) is 7.79. The van der Waals surface area contributed by atoms with E-state index in [1.54, 1.807) is 0 Å². The van der Waals surface area contributed by atoms with Gasteiger partial charge in [0.25, 0.3) is 0 Å². The highest BCUT2D eigenvalue weighted by atomic mass is 79.9. The summed E-state index contributed by atoms with van der Waals surface area (Å²) in [5.74, 6) is 0. The Morgan fingerprint density at radius 3 is 2.58 bits per heavy atom. The van der Waals surface area contributed by atoms with Gasteiger partial charge in [0.2, 0.25) is 0 Å². The highest BCUT2D eigenvalue weighted by Gasteiger charge is 2.28. The van der Waals surface area contributed by atoms with Crippen molar-refractivity contribution in [2.24, 2.45) is 11.1 Å². The van der Waals surface area contributed by atoms with Gasteiger partial charge in [-0.2, -0.15) is 0 Å². The van der Waals surface area contributed by atoms with E-state index < -0.39 is 0 Å². The molecule has 19 heavy (non-hydrogen) atoms. The highest BCUT2D eigenvalue weighted by molar-refractivity contribution is 9.10. The Balaban J connectivity index is 2.15. The Morgan fingerprint density at radius 2 is 2.00 bits per heavy atom. The fourth-order valence-corrected chi connectivity index (χ4v) is 3.27. The standard InChI is InChI=1S/C16H25BrN2/c1-3-16(2)7-10-19(11-8-16)15-5-4-14(17)12-13(15)6-9-18/h4-5,12H,3,6-11,18H2,1-2H3. The summed E-state index contributed by atoms with van der Waals surface area (Å²) in [7, 11) is 0. The summed E-state index contributed by atoms with van der Waals surface area (Å²) in [4.78, 5) is 2.54. The molecule has 0 spiro atoms. The average molecular weight is 325 g/mol. The number of nitrogens with zero attached hydrogens (tertiary/aromatic N) is 1. The molecular weight excluding hydrogens is 300 g/mol. The molecule has 1 saturated heterocycles. The van der Waals surface area contributed by atoms with Gasteiger partial charge in [-0.25, -0.2) is 0 Å². The number of rotatable bonds is 4. The van der Waals surface area contributed by atoms with Crippen LogP contribution in [0.2, 0.25) is 0 Å². The molecule has 0 aliphatic carbocycles. The van der Waals surface area contributed by atoms with Crippen molar-refractivity contribution in [1.82, 2.24) is 0 Å². The van der Waals surface area contributed by atoms with Crippen molar-refractivity contribution < 1.29 is 0 Å². The molecule has 1 aromatic carbocycles. The van der Waals surface area contributed by atoms with E-state index >= 15 is 0 Å². The average Bonchev–Trinajstić information content (AvgIpc) is 2.41. The molecule has 2 N–H and O–H groups in total. The number of halogens is 1. The maximum absolute atomic E-state index is 5.74. The van der Waals surface area contributed by atoms with Gasteiger partial charge < -0.3 is 10.6 Å². The van der Waals surface area contributed by atoms with Crippen LogP contribution < -0.4 is 10.6 Å². The molecule has 2 nitrogen and oxygen atoms in total. The number of piperidine rings is 1. The predicted octanol–water partition coefficient (Wildman–Crippen LogP) is 3.97. The fourth-order valence-electron chi connectivity index (χ4n) is 2.86. The molecule has 1 aliphatic rings. The molecule has 3 heteroatoms. The minimum absolute atomic E-state index is 0.542. The third-order valence-electron chi connectivity index (χ3n) is 4.62. The van der Waals surface area contributed by atoms with Crippen molar-refractivity contribution in [2.75, 3.05) is 24.5 Å². The van der Waals surface area contributed by atoms with Gasteiger partial charge in [-0.05, 0) is 55.0 Å². The first-order valence-electron chi connectivity index (χ1n) is 7.31. The molecule has 2 rings (SSSR count). The van der Waals surface area contributed by atoms with Gasteiger partial charge in [0.05, 0.1) is 0 Å². The van der Waals surface area contributed by atoms with Crippen LogP contribution in [0.5, 0.6) is 0 Å². The Labute approximate surface area is 125 Å². The molecule has 1 fully saturated rings. The Kier molecular flexibility index (Phi) is 4.91. The molecule has 106 valence electrons. The number of hydrogen-bond donors (Lipinski definition) is 1. The van der Waals surface area contributed by atoms with E-state index in [-0.39, 0.29) is 0 Å². The van der Waals surface area contributed by atoms with Gasteiger partial charge in [-0.3, -0.25) is 0 Å². The molecule has 0 unspecified atom stereocenters. The van der Waals surface area contributed by atoms with Gasteiger partial charge in [0.1, 0.15) is 0 Å². The second kappa shape index (κ2) is 6.27. The lowest BCUT2D eigenvalue weighted by atomic mass is 9.78. The number of anilines is 1. The zero-order valence-electron chi connectivity index (χ0n) is 12.1. The summed E-state index contributed by atoms with van der Waals surface area (Å²) >= 11 is 3.56. The van der Waals surface area contributed by atoms with E-state index in [1.165, 1.54) is 43.6 Å². The monoisotopic (exact) mass is 324 g/mol. The molecule has 1 heterocycles. The van der Waals surface area contributed by atoms with Gasteiger partial charge in [-0.15, -0.1) is 0 Å². The van der Waals surface area contributed by atoms with Crippen LogP contribution in [0, 0.1) is 5.41 Å². The zero-order valence-corrected chi connectivity index (χ0v) is 13.7. The van der Waals surface area contributed by atoms with E-state index in [1.807, 2.05) is 0 Å². The molecule has 0 bridgehead atoms.